The second kappa shape index (κ2) is 13.8. The van der Waals surface area contributed by atoms with Gasteiger partial charge < -0.3 is 4.74 Å². The molecule has 0 radical (unpaired) electrons. The Balaban J connectivity index is 1.65. The third kappa shape index (κ3) is 7.04. The van der Waals surface area contributed by atoms with Crippen LogP contribution in [0.2, 0.25) is 0 Å². The molecule has 2 aromatic heterocycles. The maximum atomic E-state index is 13.9. The van der Waals surface area contributed by atoms with Crippen LogP contribution in [-0.2, 0) is 16.6 Å². The highest BCUT2D eigenvalue weighted by Crippen LogP contribution is 2.33. The van der Waals surface area contributed by atoms with Gasteiger partial charge in [-0.15, -0.1) is 0 Å². The summed E-state index contributed by atoms with van der Waals surface area (Å²) < 4.78 is 34.9. The molecule has 212 valence electrons. The van der Waals surface area contributed by atoms with Crippen molar-refractivity contribution in [1.29, 1.82) is 0 Å². The van der Waals surface area contributed by atoms with Gasteiger partial charge in [0.2, 0.25) is 10.0 Å². The van der Waals surface area contributed by atoms with Gasteiger partial charge in [-0.3, -0.25) is 14.7 Å². The number of fused-ring (bicyclic) bond motifs is 1. The molecular formula is C30H36N4O4S2. The van der Waals surface area contributed by atoms with Gasteiger partial charge in [0.15, 0.2) is 5.13 Å². The van der Waals surface area contributed by atoms with E-state index in [9.17, 15) is 13.2 Å². The summed E-state index contributed by atoms with van der Waals surface area (Å²) in [6.07, 6.45) is 6.84. The van der Waals surface area contributed by atoms with Crippen LogP contribution in [0.1, 0.15) is 62.4 Å². The first-order chi connectivity index (χ1) is 19.4. The minimum atomic E-state index is -3.66. The molecule has 0 bridgehead atoms. The van der Waals surface area contributed by atoms with Gasteiger partial charge in [-0.1, -0.05) is 44.1 Å². The molecule has 4 aromatic rings. The molecule has 10 heteroatoms. The number of benzene rings is 2. The van der Waals surface area contributed by atoms with Crippen LogP contribution in [0.4, 0.5) is 5.13 Å². The summed E-state index contributed by atoms with van der Waals surface area (Å²) in [5, 5.41) is 0.541. The van der Waals surface area contributed by atoms with Gasteiger partial charge in [0.25, 0.3) is 5.91 Å². The Morgan fingerprint density at radius 2 is 1.70 bits per heavy atom. The van der Waals surface area contributed by atoms with Gasteiger partial charge in [-0.05, 0) is 73.9 Å². The minimum absolute atomic E-state index is 0.193. The van der Waals surface area contributed by atoms with Crippen LogP contribution < -0.4 is 9.64 Å². The average Bonchev–Trinajstić information content (AvgIpc) is 3.39. The van der Waals surface area contributed by atoms with Crippen LogP contribution in [0.3, 0.4) is 0 Å². The molecule has 0 N–H and O–H groups in total. The normalized spacial score (nSPS) is 11.7. The second-order valence-corrected chi connectivity index (χ2v) is 12.4. The monoisotopic (exact) mass is 580 g/mol. The molecule has 0 saturated carbocycles. The predicted molar refractivity (Wildman–Crippen MR) is 161 cm³/mol. The molecule has 0 aliphatic rings. The topological polar surface area (TPSA) is 92.7 Å². The van der Waals surface area contributed by atoms with Crippen molar-refractivity contribution in [1.82, 2.24) is 14.3 Å². The summed E-state index contributed by atoms with van der Waals surface area (Å²) in [7, 11) is -3.66. The predicted octanol–water partition coefficient (Wildman–Crippen LogP) is 6.53. The van der Waals surface area contributed by atoms with Gasteiger partial charge >= 0.3 is 0 Å². The summed E-state index contributed by atoms with van der Waals surface area (Å²) in [5.74, 6) is 0.477. The minimum Gasteiger partial charge on any atom is -0.494 e. The molecule has 1 amide bonds. The Bertz CT molecular complexity index is 1500. The van der Waals surface area contributed by atoms with Crippen LogP contribution in [-0.4, -0.2) is 48.3 Å². The van der Waals surface area contributed by atoms with Crippen molar-refractivity contribution in [3.63, 3.8) is 0 Å². The maximum absolute atomic E-state index is 13.9. The highest BCUT2D eigenvalue weighted by Gasteiger charge is 2.26. The Morgan fingerprint density at radius 1 is 0.975 bits per heavy atom. The molecule has 4 rings (SSSR count). The first-order valence-electron chi connectivity index (χ1n) is 13.7. The zero-order valence-electron chi connectivity index (χ0n) is 23.2. The van der Waals surface area contributed by atoms with Crippen LogP contribution in [0.5, 0.6) is 5.75 Å². The van der Waals surface area contributed by atoms with Crippen LogP contribution in [0.25, 0.3) is 10.2 Å². The van der Waals surface area contributed by atoms with Gasteiger partial charge in [-0.2, -0.15) is 4.31 Å². The molecule has 2 heterocycles. The Hall–Kier alpha value is -3.34. The first kappa shape index (κ1) is 29.6. The summed E-state index contributed by atoms with van der Waals surface area (Å²) in [6.45, 7) is 7.83. The van der Waals surface area contributed by atoms with E-state index in [4.69, 9.17) is 9.72 Å². The quantitative estimate of drug-likeness (QED) is 0.168. The smallest absolute Gasteiger partial charge is 0.260 e. The number of rotatable bonds is 14. The highest BCUT2D eigenvalue weighted by atomic mass is 32.2. The standard InChI is InChI=1S/C30H36N4O4S2/c1-4-7-18-33(19-8-5-2)40(36,37)26-14-11-24(12-15-26)29(35)34(22-23-10-9-17-31-21-23)30-32-27-16-13-25(38-6-3)20-28(27)39-30/h9-17,20-21H,4-8,18-19,22H2,1-3H3. The zero-order chi connectivity index (χ0) is 28.5. The molecule has 0 saturated heterocycles. The van der Waals surface area contributed by atoms with Crippen LogP contribution in [0, 0.1) is 0 Å². The number of ether oxygens (including phenoxy) is 1. The number of unbranched alkanes of at least 4 members (excludes halogenated alkanes) is 2. The number of aromatic nitrogens is 2. The molecule has 0 atom stereocenters. The van der Waals surface area contributed by atoms with Crippen molar-refractivity contribution in [2.75, 3.05) is 24.6 Å². The van der Waals surface area contributed by atoms with Gasteiger partial charge in [0.05, 0.1) is 28.3 Å². The molecule has 0 fully saturated rings. The van der Waals surface area contributed by atoms with Crippen molar-refractivity contribution in [3.05, 3.63) is 78.1 Å². The van der Waals surface area contributed by atoms with Gasteiger partial charge in [0.1, 0.15) is 5.75 Å². The van der Waals surface area contributed by atoms with Crippen molar-refractivity contribution in [3.8, 4) is 5.75 Å². The number of sulfonamides is 1. The van der Waals surface area contributed by atoms with E-state index >= 15 is 0 Å². The average molecular weight is 581 g/mol. The molecular weight excluding hydrogens is 544 g/mol. The highest BCUT2D eigenvalue weighted by molar-refractivity contribution is 7.89. The molecule has 2 aromatic carbocycles. The van der Waals surface area contributed by atoms with E-state index in [2.05, 4.69) is 4.98 Å². The van der Waals surface area contributed by atoms with Crippen molar-refractivity contribution < 1.29 is 17.9 Å². The van der Waals surface area contributed by atoms with E-state index in [1.54, 1.807) is 33.7 Å². The Labute approximate surface area is 240 Å². The van der Waals surface area contributed by atoms with E-state index in [1.807, 2.05) is 51.1 Å². The molecule has 0 aliphatic heterocycles. The van der Waals surface area contributed by atoms with E-state index < -0.39 is 10.0 Å². The SMILES string of the molecule is CCCCN(CCCC)S(=O)(=O)c1ccc(C(=O)N(Cc2cccnc2)c2nc3ccc(OCC)cc3s2)cc1. The number of anilines is 1. The lowest BCUT2D eigenvalue weighted by Gasteiger charge is -2.22. The Morgan fingerprint density at radius 3 is 2.33 bits per heavy atom. The third-order valence-corrected chi connectivity index (χ3v) is 9.41. The fourth-order valence-electron chi connectivity index (χ4n) is 4.26. The van der Waals surface area contributed by atoms with Crippen molar-refractivity contribution in [2.45, 2.75) is 57.9 Å². The number of amides is 1. The number of thiazole rings is 1. The lowest BCUT2D eigenvalue weighted by atomic mass is 10.2. The number of nitrogens with zero attached hydrogens (tertiary/aromatic N) is 4. The summed E-state index contributed by atoms with van der Waals surface area (Å²) in [6, 6.07) is 15.6. The second-order valence-electron chi connectivity index (χ2n) is 9.45. The lowest BCUT2D eigenvalue weighted by molar-refractivity contribution is 0.0985. The number of carbonyl (C=O) groups excluding carboxylic acids is 1. The molecule has 8 nitrogen and oxygen atoms in total. The summed E-state index contributed by atoms with van der Waals surface area (Å²) in [5.41, 5.74) is 2.01. The van der Waals surface area contributed by atoms with E-state index in [1.165, 1.54) is 23.5 Å². The van der Waals surface area contributed by atoms with Crippen LogP contribution >= 0.6 is 11.3 Å². The van der Waals surface area contributed by atoms with Gasteiger partial charge in [-0.25, -0.2) is 13.4 Å². The molecule has 0 unspecified atom stereocenters. The number of hydrogen-bond acceptors (Lipinski definition) is 7. The third-order valence-electron chi connectivity index (χ3n) is 6.46. The van der Waals surface area contributed by atoms with Crippen LogP contribution in [0.15, 0.2) is 71.9 Å². The fraction of sp³-hybridized carbons (Fsp3) is 0.367. The Kier molecular flexibility index (Phi) is 10.2. The maximum Gasteiger partial charge on any atom is 0.260 e. The zero-order valence-corrected chi connectivity index (χ0v) is 24.9. The summed E-state index contributed by atoms with van der Waals surface area (Å²) in [4.78, 5) is 24.6. The van der Waals surface area contributed by atoms with E-state index in [0.29, 0.717) is 30.4 Å². The first-order valence-corrected chi connectivity index (χ1v) is 16.0. The van der Waals surface area contributed by atoms with Gasteiger partial charge in [0, 0.05) is 31.0 Å². The largest absolute Gasteiger partial charge is 0.494 e. The molecule has 0 spiro atoms. The van der Waals surface area contributed by atoms with Crippen molar-refractivity contribution in [2.24, 2.45) is 0 Å². The molecule has 40 heavy (non-hydrogen) atoms. The summed E-state index contributed by atoms with van der Waals surface area (Å²) >= 11 is 1.41. The fourth-order valence-corrected chi connectivity index (χ4v) is 6.77. The number of pyridine rings is 1. The van der Waals surface area contributed by atoms with E-state index in [0.717, 1.165) is 47.2 Å². The number of hydrogen-bond donors (Lipinski definition) is 0. The lowest BCUT2D eigenvalue weighted by Crippen LogP contribution is -2.33. The van der Waals surface area contributed by atoms with Crippen molar-refractivity contribution >= 4 is 42.6 Å². The van der Waals surface area contributed by atoms with E-state index in [-0.39, 0.29) is 17.3 Å². The number of carbonyl (C=O) groups is 1. The molecule has 0 aliphatic carbocycles.